The minimum atomic E-state index is -0.373. The van der Waals surface area contributed by atoms with Gasteiger partial charge < -0.3 is 15.4 Å². The number of rotatable bonds is 1. The van der Waals surface area contributed by atoms with Gasteiger partial charge in [0.15, 0.2) is 0 Å². The van der Waals surface area contributed by atoms with Crippen LogP contribution in [0.15, 0.2) is 0 Å². The Kier molecular flexibility index (Phi) is 3.56. The van der Waals surface area contributed by atoms with Gasteiger partial charge in [0.25, 0.3) is 0 Å². The number of aromatic nitrogens is 2. The van der Waals surface area contributed by atoms with E-state index in [1.54, 1.807) is 4.90 Å². The van der Waals surface area contributed by atoms with Crippen molar-refractivity contribution >= 4 is 12.2 Å². The molecule has 0 atom stereocenters. The molecule has 1 aliphatic rings. The van der Waals surface area contributed by atoms with Crippen molar-refractivity contribution < 1.29 is 63.0 Å². The van der Waals surface area contributed by atoms with Gasteiger partial charge in [-0.25, -0.2) is 0 Å². The first kappa shape index (κ1) is 12.4. The summed E-state index contributed by atoms with van der Waals surface area (Å²) in [4.78, 5) is 12.2. The van der Waals surface area contributed by atoms with E-state index in [2.05, 4.69) is 10.2 Å². The van der Waals surface area contributed by atoms with E-state index in [-0.39, 0.29) is 63.7 Å². The molecule has 70 valence electrons. The first-order valence-corrected chi connectivity index (χ1v) is 4.06. The van der Waals surface area contributed by atoms with Gasteiger partial charge in [0.1, 0.15) is 5.82 Å². The molecule has 0 aliphatic carbocycles. The van der Waals surface area contributed by atoms with Gasteiger partial charge in [-0.1, -0.05) is 0 Å². The molecule has 1 aromatic heterocycles. The van der Waals surface area contributed by atoms with E-state index in [1.807, 2.05) is 20.3 Å². The van der Waals surface area contributed by atoms with Gasteiger partial charge in [-0.05, 0) is 13.8 Å². The van der Waals surface area contributed by atoms with Crippen LogP contribution in [0.4, 0.5) is 5.82 Å². The minimum absolute atomic E-state index is 0. The maximum absolute atomic E-state index is 10.6. The normalized spacial score (nSPS) is 17.4. The van der Waals surface area contributed by atoms with Crippen LogP contribution in [0.25, 0.3) is 0 Å². The Labute approximate surface area is 131 Å². The van der Waals surface area contributed by atoms with E-state index in [0.29, 0.717) is 12.4 Å². The number of nitrogens with zero attached hydrogens (tertiary/aromatic N) is 2. The summed E-state index contributed by atoms with van der Waals surface area (Å²) in [5, 5.41) is 6.74. The predicted molar refractivity (Wildman–Crippen MR) is 47.3 cm³/mol. The summed E-state index contributed by atoms with van der Waals surface area (Å²) in [5.41, 5.74) is 7.08. The molecule has 6 heteroatoms. The van der Waals surface area contributed by atoms with Crippen molar-refractivity contribution in [2.75, 3.05) is 5.73 Å². The van der Waals surface area contributed by atoms with Crippen molar-refractivity contribution in [3.05, 3.63) is 11.3 Å². The summed E-state index contributed by atoms with van der Waals surface area (Å²) in [6, 6.07) is 0. The average molecular weight is 265 g/mol. The van der Waals surface area contributed by atoms with Crippen LogP contribution in [0.2, 0.25) is 0 Å². The molecule has 0 radical (unpaired) electrons. The quantitative estimate of drug-likeness (QED) is 0.535. The molecular formula is C8H11N4ORb. The SMILES string of the molecule is CC1(C)c2[nH]nc(N)c2CN1[C-]=O.[Rb+]. The number of fused-ring (bicyclic) bond motifs is 1. The van der Waals surface area contributed by atoms with Gasteiger partial charge in [-0.15, -0.1) is 0 Å². The van der Waals surface area contributed by atoms with Crippen molar-refractivity contribution in [2.24, 2.45) is 0 Å². The third kappa shape index (κ3) is 1.60. The Morgan fingerprint density at radius 3 is 2.79 bits per heavy atom. The zero-order valence-electron chi connectivity index (χ0n) is 8.59. The Morgan fingerprint density at radius 2 is 2.29 bits per heavy atom. The molecule has 0 saturated heterocycles. The fraction of sp³-hybridized carbons (Fsp3) is 0.500. The van der Waals surface area contributed by atoms with Crippen LogP contribution < -0.4 is 63.9 Å². The standard InChI is InChI=1S/C8H11N4O.Rb/c1-8(2)6-5(3-12(8)4-13)7(9)11-10-6;/h3H2,1-2H3,(H3,9,10,11);/q-1;+1. The second-order valence-electron chi connectivity index (χ2n) is 3.70. The Morgan fingerprint density at radius 1 is 1.64 bits per heavy atom. The van der Waals surface area contributed by atoms with Gasteiger partial charge in [-0.3, -0.25) is 5.10 Å². The van der Waals surface area contributed by atoms with Gasteiger partial charge >= 0.3 is 58.2 Å². The molecule has 1 aliphatic heterocycles. The molecule has 0 bridgehead atoms. The fourth-order valence-electron chi connectivity index (χ4n) is 1.68. The number of hydrogen-bond donors (Lipinski definition) is 2. The van der Waals surface area contributed by atoms with E-state index < -0.39 is 0 Å². The molecule has 1 aromatic rings. The number of carbonyl (C=O) groups excluding carboxylic acids is 1. The number of aromatic amines is 1. The third-order valence-corrected chi connectivity index (χ3v) is 2.61. The molecule has 3 N–H and O–H groups in total. The number of nitrogen functional groups attached to an aromatic ring is 1. The molecule has 5 nitrogen and oxygen atoms in total. The van der Waals surface area contributed by atoms with Crippen molar-refractivity contribution in [3.8, 4) is 0 Å². The molecular weight excluding hydrogens is 254 g/mol. The van der Waals surface area contributed by atoms with Crippen molar-refractivity contribution in [1.82, 2.24) is 15.1 Å². The van der Waals surface area contributed by atoms with E-state index in [4.69, 9.17) is 5.73 Å². The van der Waals surface area contributed by atoms with Crippen LogP contribution in [0, 0.1) is 0 Å². The molecule has 2 heterocycles. The summed E-state index contributed by atoms with van der Waals surface area (Å²) in [7, 11) is 0. The fourth-order valence-corrected chi connectivity index (χ4v) is 1.68. The molecule has 14 heavy (non-hydrogen) atoms. The van der Waals surface area contributed by atoms with Crippen LogP contribution in [0.5, 0.6) is 0 Å². The minimum Gasteiger partial charge on any atom is -0.520 e. The van der Waals surface area contributed by atoms with E-state index >= 15 is 0 Å². The molecule has 1 amide bonds. The van der Waals surface area contributed by atoms with Gasteiger partial charge in [-0.2, -0.15) is 11.5 Å². The smallest absolute Gasteiger partial charge is 0.520 e. The average Bonchev–Trinajstić information content (AvgIpc) is 2.53. The predicted octanol–water partition coefficient (Wildman–Crippen LogP) is -2.89. The van der Waals surface area contributed by atoms with Crippen LogP contribution in [0.3, 0.4) is 0 Å². The molecule has 0 spiro atoms. The van der Waals surface area contributed by atoms with Crippen LogP contribution >= 0.6 is 0 Å². The number of H-pyrrole nitrogens is 1. The zero-order chi connectivity index (χ0) is 9.64. The van der Waals surface area contributed by atoms with Crippen LogP contribution in [-0.4, -0.2) is 21.5 Å². The molecule has 0 aromatic carbocycles. The van der Waals surface area contributed by atoms with E-state index in [1.165, 1.54) is 0 Å². The van der Waals surface area contributed by atoms with Crippen molar-refractivity contribution in [2.45, 2.75) is 25.9 Å². The molecule has 0 fully saturated rings. The van der Waals surface area contributed by atoms with Crippen LogP contribution in [0.1, 0.15) is 25.1 Å². The van der Waals surface area contributed by atoms with E-state index in [9.17, 15) is 4.79 Å². The molecule has 2 rings (SSSR count). The third-order valence-electron chi connectivity index (χ3n) is 2.61. The number of nitrogens with two attached hydrogens (primary N) is 1. The second kappa shape index (κ2) is 4.04. The summed E-state index contributed by atoms with van der Waals surface area (Å²) in [6.45, 7) is 4.36. The Balaban J connectivity index is 0.000000980. The maximum Gasteiger partial charge on any atom is 1.00 e. The Hall–Kier alpha value is 0.285. The summed E-state index contributed by atoms with van der Waals surface area (Å²) < 4.78 is 0. The van der Waals surface area contributed by atoms with Crippen molar-refractivity contribution in [3.63, 3.8) is 0 Å². The molecule has 0 saturated carbocycles. The summed E-state index contributed by atoms with van der Waals surface area (Å²) in [5.74, 6) is 0.473. The summed E-state index contributed by atoms with van der Waals surface area (Å²) >= 11 is 0. The van der Waals surface area contributed by atoms with Crippen LogP contribution in [-0.2, 0) is 16.9 Å². The zero-order valence-corrected chi connectivity index (χ0v) is 13.5. The largest absolute Gasteiger partial charge is 1.00 e. The summed E-state index contributed by atoms with van der Waals surface area (Å²) in [6.07, 6.45) is 1.89. The first-order valence-electron chi connectivity index (χ1n) is 4.06. The topological polar surface area (TPSA) is 75.0 Å². The second-order valence-corrected chi connectivity index (χ2v) is 3.70. The van der Waals surface area contributed by atoms with E-state index in [0.717, 1.165) is 11.3 Å². The van der Waals surface area contributed by atoms with Gasteiger partial charge in [0, 0.05) is 17.6 Å². The van der Waals surface area contributed by atoms with Crippen molar-refractivity contribution in [1.29, 1.82) is 0 Å². The number of anilines is 1. The number of hydrogen-bond acceptors (Lipinski definition) is 3. The number of nitrogens with one attached hydrogen (secondary N) is 1. The molecule has 0 unspecified atom stereocenters. The monoisotopic (exact) mass is 264 g/mol. The Bertz CT molecular complexity index is 360. The van der Waals surface area contributed by atoms with Gasteiger partial charge in [0.2, 0.25) is 0 Å². The first-order chi connectivity index (χ1) is 6.07. The maximum atomic E-state index is 10.6. The van der Waals surface area contributed by atoms with Gasteiger partial charge in [0.05, 0.1) is 5.69 Å². The number of amides is 1.